The van der Waals surface area contributed by atoms with Crippen LogP contribution in [-0.2, 0) is 17.7 Å². The third-order valence-corrected chi connectivity index (χ3v) is 5.01. The van der Waals surface area contributed by atoms with Gasteiger partial charge in [0, 0.05) is 37.7 Å². The number of guanidine groups is 1. The minimum Gasteiger partial charge on any atom is -0.497 e. The van der Waals surface area contributed by atoms with E-state index in [0.717, 1.165) is 56.4 Å². The predicted octanol–water partition coefficient (Wildman–Crippen LogP) is 2.92. The second-order valence-corrected chi connectivity index (χ2v) is 7.22. The molecule has 0 radical (unpaired) electrons. The average Bonchev–Trinajstić information content (AvgIpc) is 3.29. The van der Waals surface area contributed by atoms with Crippen molar-refractivity contribution in [1.82, 2.24) is 10.6 Å². The van der Waals surface area contributed by atoms with Gasteiger partial charge in [0.15, 0.2) is 5.96 Å². The Labute approximate surface area is 176 Å². The minimum absolute atomic E-state index is 0.0833. The zero-order valence-electron chi connectivity index (χ0n) is 17.2. The molecule has 1 aliphatic rings. The standard InChI is InChI=1S/C22H28N4O4/c1-29-21-8-4-17(5-9-21)10-12-23-22(25-15-19-11-13-30-16-19)24-14-18-2-6-20(7-3-18)26(27)28/h2-9,19H,10-16H2,1H3,(H2,23,24,25). The van der Waals surface area contributed by atoms with E-state index in [4.69, 9.17) is 9.47 Å². The number of aliphatic imine (C=N–C) groups is 1. The van der Waals surface area contributed by atoms with Crippen LogP contribution in [0, 0.1) is 16.0 Å². The molecule has 160 valence electrons. The molecule has 30 heavy (non-hydrogen) atoms. The highest BCUT2D eigenvalue weighted by Crippen LogP contribution is 2.13. The molecule has 0 spiro atoms. The molecule has 1 saturated heterocycles. The van der Waals surface area contributed by atoms with Gasteiger partial charge in [0.1, 0.15) is 5.75 Å². The summed E-state index contributed by atoms with van der Waals surface area (Å²) >= 11 is 0. The number of rotatable bonds is 9. The molecule has 2 aromatic carbocycles. The van der Waals surface area contributed by atoms with Crippen LogP contribution in [0.2, 0.25) is 0 Å². The molecule has 3 rings (SSSR count). The van der Waals surface area contributed by atoms with Gasteiger partial charge in [0.05, 0.1) is 25.2 Å². The number of nitro benzene ring substituents is 1. The van der Waals surface area contributed by atoms with Crippen LogP contribution >= 0.6 is 0 Å². The molecule has 0 aromatic heterocycles. The summed E-state index contributed by atoms with van der Waals surface area (Å²) in [6.07, 6.45) is 1.91. The molecular weight excluding hydrogens is 384 g/mol. The number of hydrogen-bond donors (Lipinski definition) is 2. The van der Waals surface area contributed by atoms with Crippen molar-refractivity contribution in [2.24, 2.45) is 10.9 Å². The zero-order valence-corrected chi connectivity index (χ0v) is 17.2. The Morgan fingerprint density at radius 3 is 2.53 bits per heavy atom. The molecule has 1 atom stereocenters. The van der Waals surface area contributed by atoms with Crippen molar-refractivity contribution in [3.05, 3.63) is 69.8 Å². The van der Waals surface area contributed by atoms with E-state index in [2.05, 4.69) is 27.8 Å². The number of ether oxygens (including phenoxy) is 2. The van der Waals surface area contributed by atoms with Gasteiger partial charge in [-0.1, -0.05) is 24.3 Å². The molecule has 8 nitrogen and oxygen atoms in total. The largest absolute Gasteiger partial charge is 0.497 e. The maximum absolute atomic E-state index is 10.8. The highest BCUT2D eigenvalue weighted by molar-refractivity contribution is 5.79. The van der Waals surface area contributed by atoms with Crippen LogP contribution in [0.3, 0.4) is 0 Å². The monoisotopic (exact) mass is 412 g/mol. The summed E-state index contributed by atoms with van der Waals surface area (Å²) in [5, 5.41) is 17.6. The molecule has 2 N–H and O–H groups in total. The Hall–Kier alpha value is -3.13. The van der Waals surface area contributed by atoms with E-state index in [1.54, 1.807) is 19.2 Å². The van der Waals surface area contributed by atoms with Crippen LogP contribution in [-0.4, -0.2) is 44.3 Å². The Morgan fingerprint density at radius 2 is 1.90 bits per heavy atom. The molecule has 0 bridgehead atoms. The van der Waals surface area contributed by atoms with Gasteiger partial charge in [-0.15, -0.1) is 0 Å². The number of non-ortho nitro benzene ring substituents is 1. The van der Waals surface area contributed by atoms with E-state index in [0.29, 0.717) is 12.5 Å². The zero-order chi connectivity index (χ0) is 21.2. The van der Waals surface area contributed by atoms with Gasteiger partial charge in [0.2, 0.25) is 0 Å². The van der Waals surface area contributed by atoms with E-state index >= 15 is 0 Å². The van der Waals surface area contributed by atoms with E-state index < -0.39 is 4.92 Å². The van der Waals surface area contributed by atoms with Gasteiger partial charge in [0.25, 0.3) is 5.69 Å². The SMILES string of the molecule is COc1ccc(CCNC(=NCc2ccc([N+](=O)[O-])cc2)NCC2CCOC2)cc1. The van der Waals surface area contributed by atoms with Crippen LogP contribution in [0.4, 0.5) is 5.69 Å². The minimum atomic E-state index is -0.398. The lowest BCUT2D eigenvalue weighted by molar-refractivity contribution is -0.384. The molecule has 1 aliphatic heterocycles. The average molecular weight is 412 g/mol. The van der Waals surface area contributed by atoms with Gasteiger partial charge in [-0.2, -0.15) is 0 Å². The third kappa shape index (κ3) is 6.73. The second kappa shape index (κ2) is 11.2. The van der Waals surface area contributed by atoms with Crippen LogP contribution in [0.25, 0.3) is 0 Å². The van der Waals surface area contributed by atoms with E-state index in [9.17, 15) is 10.1 Å². The lowest BCUT2D eigenvalue weighted by atomic mass is 10.1. The van der Waals surface area contributed by atoms with Gasteiger partial charge >= 0.3 is 0 Å². The quantitative estimate of drug-likeness (QED) is 0.284. The fourth-order valence-corrected chi connectivity index (χ4v) is 3.17. The first-order chi connectivity index (χ1) is 14.6. The number of nitro groups is 1. The van der Waals surface area contributed by atoms with Crippen molar-refractivity contribution in [2.45, 2.75) is 19.4 Å². The number of hydrogen-bond acceptors (Lipinski definition) is 5. The van der Waals surface area contributed by atoms with Crippen LogP contribution < -0.4 is 15.4 Å². The predicted molar refractivity (Wildman–Crippen MR) is 116 cm³/mol. The van der Waals surface area contributed by atoms with Crippen molar-refractivity contribution in [1.29, 1.82) is 0 Å². The fraction of sp³-hybridized carbons (Fsp3) is 0.409. The van der Waals surface area contributed by atoms with Gasteiger partial charge in [-0.3, -0.25) is 10.1 Å². The molecule has 1 heterocycles. The van der Waals surface area contributed by atoms with Crippen LogP contribution in [0.1, 0.15) is 17.5 Å². The van der Waals surface area contributed by atoms with Crippen molar-refractivity contribution in [3.63, 3.8) is 0 Å². The summed E-state index contributed by atoms with van der Waals surface area (Å²) in [5.41, 5.74) is 2.21. The number of nitrogens with zero attached hydrogens (tertiary/aromatic N) is 2. The normalized spacial score (nSPS) is 16.3. The molecule has 2 aromatic rings. The smallest absolute Gasteiger partial charge is 0.269 e. The van der Waals surface area contributed by atoms with Crippen molar-refractivity contribution < 1.29 is 14.4 Å². The van der Waals surface area contributed by atoms with Gasteiger partial charge < -0.3 is 20.1 Å². The number of nitrogens with one attached hydrogen (secondary N) is 2. The molecular formula is C22H28N4O4. The first-order valence-corrected chi connectivity index (χ1v) is 10.1. The summed E-state index contributed by atoms with van der Waals surface area (Å²) < 4.78 is 10.6. The highest BCUT2D eigenvalue weighted by Gasteiger charge is 2.15. The van der Waals surface area contributed by atoms with Crippen LogP contribution in [0.15, 0.2) is 53.5 Å². The summed E-state index contributed by atoms with van der Waals surface area (Å²) in [6.45, 7) is 3.56. The summed E-state index contributed by atoms with van der Waals surface area (Å²) in [4.78, 5) is 15.1. The Balaban J connectivity index is 1.56. The highest BCUT2D eigenvalue weighted by atomic mass is 16.6. The van der Waals surface area contributed by atoms with Gasteiger partial charge in [-0.05, 0) is 36.1 Å². The Kier molecular flexibility index (Phi) is 8.02. The number of methoxy groups -OCH3 is 1. The van der Waals surface area contributed by atoms with Gasteiger partial charge in [-0.25, -0.2) is 4.99 Å². The lowest BCUT2D eigenvalue weighted by Crippen LogP contribution is -2.41. The summed E-state index contributed by atoms with van der Waals surface area (Å²) in [5.74, 6) is 2.06. The maximum Gasteiger partial charge on any atom is 0.269 e. The second-order valence-electron chi connectivity index (χ2n) is 7.22. The van der Waals surface area contributed by atoms with E-state index in [1.165, 1.54) is 17.7 Å². The first kappa shape index (κ1) is 21.6. The van der Waals surface area contributed by atoms with Crippen molar-refractivity contribution in [2.75, 3.05) is 33.4 Å². The van der Waals surface area contributed by atoms with E-state index in [1.807, 2.05) is 12.1 Å². The third-order valence-electron chi connectivity index (χ3n) is 5.01. The molecule has 1 unspecified atom stereocenters. The molecule has 0 saturated carbocycles. The maximum atomic E-state index is 10.8. The summed E-state index contributed by atoms with van der Waals surface area (Å²) in [7, 11) is 1.66. The molecule has 1 fully saturated rings. The number of benzene rings is 2. The van der Waals surface area contributed by atoms with E-state index in [-0.39, 0.29) is 5.69 Å². The summed E-state index contributed by atoms with van der Waals surface area (Å²) in [6, 6.07) is 14.5. The fourth-order valence-electron chi connectivity index (χ4n) is 3.17. The molecule has 0 amide bonds. The van der Waals surface area contributed by atoms with Crippen LogP contribution in [0.5, 0.6) is 5.75 Å². The van der Waals surface area contributed by atoms with Crippen molar-refractivity contribution >= 4 is 11.6 Å². The van der Waals surface area contributed by atoms with Crippen molar-refractivity contribution in [3.8, 4) is 5.75 Å². The lowest BCUT2D eigenvalue weighted by Gasteiger charge is -2.15. The topological polar surface area (TPSA) is 98.0 Å². The molecule has 8 heteroatoms. The molecule has 0 aliphatic carbocycles. The Morgan fingerprint density at radius 1 is 1.17 bits per heavy atom. The first-order valence-electron chi connectivity index (χ1n) is 10.1. The Bertz CT molecular complexity index is 831.